The molecule has 0 radical (unpaired) electrons. The molecule has 1 aliphatic heterocycles. The van der Waals surface area contributed by atoms with Crippen molar-refractivity contribution in [1.29, 1.82) is 0 Å². The molecule has 1 aromatic heterocycles. The van der Waals surface area contributed by atoms with E-state index in [2.05, 4.69) is 4.99 Å². The second-order valence-corrected chi connectivity index (χ2v) is 10.2. The highest BCUT2D eigenvalue weighted by Crippen LogP contribution is 2.36. The molecule has 0 N–H and O–H groups in total. The molecule has 36 heavy (non-hydrogen) atoms. The van der Waals surface area contributed by atoms with Crippen LogP contribution in [0.15, 0.2) is 63.5 Å². The van der Waals surface area contributed by atoms with Gasteiger partial charge >= 0.3 is 5.97 Å². The van der Waals surface area contributed by atoms with Crippen LogP contribution in [0.25, 0.3) is 6.08 Å². The Morgan fingerprint density at radius 2 is 1.86 bits per heavy atom. The number of rotatable bonds is 7. The molecule has 0 fully saturated rings. The summed E-state index contributed by atoms with van der Waals surface area (Å²) in [5.41, 5.74) is 2.15. The van der Waals surface area contributed by atoms with E-state index in [1.165, 1.54) is 18.4 Å². The molecule has 2 atom stereocenters. The van der Waals surface area contributed by atoms with Gasteiger partial charge in [0.2, 0.25) is 0 Å². The summed E-state index contributed by atoms with van der Waals surface area (Å²) in [5.74, 6) is -0.0835. The minimum absolute atomic E-state index is 0.0377. The van der Waals surface area contributed by atoms with Crippen LogP contribution in [-0.4, -0.2) is 23.8 Å². The molecule has 6 nitrogen and oxygen atoms in total. The summed E-state index contributed by atoms with van der Waals surface area (Å²) in [6.45, 7) is 5.88. The molecule has 0 bridgehead atoms. The molecule has 1 aliphatic rings. The van der Waals surface area contributed by atoms with E-state index >= 15 is 0 Å². The maximum absolute atomic E-state index is 13.7. The van der Waals surface area contributed by atoms with Crippen molar-refractivity contribution in [2.45, 2.75) is 45.8 Å². The molecular weight excluding hydrogens is 519 g/mol. The first-order chi connectivity index (χ1) is 17.3. The number of halogens is 2. The highest BCUT2D eigenvalue weighted by atomic mass is 35.5. The van der Waals surface area contributed by atoms with Crippen LogP contribution in [0, 0.1) is 0 Å². The maximum atomic E-state index is 13.7. The first-order valence-electron chi connectivity index (χ1n) is 11.6. The number of allylic oxidation sites excluding steroid dienone is 1. The average molecular weight is 545 g/mol. The molecule has 0 saturated heterocycles. The molecule has 3 aromatic rings. The number of esters is 1. The minimum Gasteiger partial charge on any atom is -0.488 e. The number of thiazole rings is 1. The lowest BCUT2D eigenvalue weighted by Crippen LogP contribution is -2.40. The third kappa shape index (κ3) is 5.01. The van der Waals surface area contributed by atoms with Gasteiger partial charge in [0.05, 0.1) is 45.1 Å². The lowest BCUT2D eigenvalue weighted by atomic mass is 9.95. The molecule has 0 unspecified atom stereocenters. The molecular formula is C27H26Cl2N2O4S. The number of hydrogen-bond acceptors (Lipinski definition) is 6. The predicted octanol–water partition coefficient (Wildman–Crippen LogP) is 5.28. The lowest BCUT2D eigenvalue weighted by Gasteiger charge is -2.25. The van der Waals surface area contributed by atoms with Crippen LogP contribution in [0.3, 0.4) is 0 Å². The Bertz CT molecular complexity index is 1490. The van der Waals surface area contributed by atoms with Crippen molar-refractivity contribution in [3.63, 3.8) is 0 Å². The van der Waals surface area contributed by atoms with E-state index in [9.17, 15) is 9.59 Å². The summed E-state index contributed by atoms with van der Waals surface area (Å²) >= 11 is 14.2. The van der Waals surface area contributed by atoms with E-state index in [1.54, 1.807) is 22.8 Å². The predicted molar refractivity (Wildman–Crippen MR) is 144 cm³/mol. The van der Waals surface area contributed by atoms with Crippen molar-refractivity contribution in [2.75, 3.05) is 7.11 Å². The third-order valence-electron chi connectivity index (χ3n) is 5.98. The molecule has 0 aliphatic carbocycles. The number of aromatic nitrogens is 1. The number of carbonyl (C=O) groups is 1. The zero-order chi connectivity index (χ0) is 26.0. The Labute approximate surface area is 223 Å². The van der Waals surface area contributed by atoms with Gasteiger partial charge in [-0.15, -0.1) is 0 Å². The van der Waals surface area contributed by atoms with E-state index in [0.717, 1.165) is 12.0 Å². The molecule has 2 aromatic carbocycles. The molecule has 0 saturated carbocycles. The van der Waals surface area contributed by atoms with Crippen LogP contribution < -0.4 is 19.6 Å². The lowest BCUT2D eigenvalue weighted by molar-refractivity contribution is -0.136. The standard InChI is InChI=1S/C27H26Cl2N2O4S/c1-5-15(3)35-24-18(28)12-16(13-19(24)29)14-21-25(32)31-23(17-10-8-7-9-11-17)22(26(33)34-4)20(6-2)30-27(31)36-21/h7-15,23H,5-6H2,1-4H3/b21-14-/t15-,23-/m1/s1. The van der Waals surface area contributed by atoms with Crippen molar-refractivity contribution < 1.29 is 14.3 Å². The van der Waals surface area contributed by atoms with Crippen LogP contribution in [0.1, 0.15) is 50.8 Å². The largest absolute Gasteiger partial charge is 0.488 e. The fraction of sp³-hybridized carbons (Fsp3) is 0.296. The maximum Gasteiger partial charge on any atom is 0.338 e. The second-order valence-electron chi connectivity index (χ2n) is 8.35. The van der Waals surface area contributed by atoms with E-state index < -0.39 is 12.0 Å². The Morgan fingerprint density at radius 1 is 1.19 bits per heavy atom. The van der Waals surface area contributed by atoms with Crippen LogP contribution in [-0.2, 0) is 9.53 Å². The highest BCUT2D eigenvalue weighted by Gasteiger charge is 2.33. The number of nitrogens with zero attached hydrogens (tertiary/aromatic N) is 2. The van der Waals surface area contributed by atoms with Gasteiger partial charge < -0.3 is 9.47 Å². The van der Waals surface area contributed by atoms with E-state index in [-0.39, 0.29) is 11.7 Å². The van der Waals surface area contributed by atoms with Crippen LogP contribution in [0.2, 0.25) is 10.0 Å². The summed E-state index contributed by atoms with van der Waals surface area (Å²) in [6.07, 6.45) is 3.02. The Morgan fingerprint density at radius 3 is 2.44 bits per heavy atom. The monoisotopic (exact) mass is 544 g/mol. The van der Waals surface area contributed by atoms with Gasteiger partial charge in [0.15, 0.2) is 10.6 Å². The number of hydrogen-bond donors (Lipinski definition) is 0. The SMILES string of the molecule is CCC1=C(C(=O)OC)[C@@H](c2ccccc2)n2c(s/c(=C\c3cc(Cl)c(O[C@H](C)CC)c(Cl)c3)c2=O)=N1. The number of fused-ring (bicyclic) bond motifs is 1. The molecule has 0 amide bonds. The van der Waals surface area contributed by atoms with Crippen LogP contribution in [0.5, 0.6) is 5.75 Å². The first kappa shape index (κ1) is 26.2. The van der Waals surface area contributed by atoms with Gasteiger partial charge in [0, 0.05) is 0 Å². The zero-order valence-corrected chi connectivity index (χ0v) is 22.7. The number of methoxy groups -OCH3 is 1. The molecule has 9 heteroatoms. The Kier molecular flexibility index (Phi) is 8.03. The van der Waals surface area contributed by atoms with Gasteiger partial charge in [-0.3, -0.25) is 9.36 Å². The van der Waals surface area contributed by atoms with E-state index in [0.29, 0.717) is 48.4 Å². The van der Waals surface area contributed by atoms with E-state index in [1.807, 2.05) is 51.1 Å². The summed E-state index contributed by atoms with van der Waals surface area (Å²) in [4.78, 5) is 31.7. The Balaban J connectivity index is 1.90. The third-order valence-corrected chi connectivity index (χ3v) is 7.52. The second kappa shape index (κ2) is 11.0. The highest BCUT2D eigenvalue weighted by molar-refractivity contribution is 7.07. The fourth-order valence-corrected chi connectivity index (χ4v) is 5.64. The van der Waals surface area contributed by atoms with Gasteiger partial charge in [0.1, 0.15) is 0 Å². The topological polar surface area (TPSA) is 69.9 Å². The first-order valence-corrected chi connectivity index (χ1v) is 13.2. The summed E-state index contributed by atoms with van der Waals surface area (Å²) in [7, 11) is 1.33. The minimum atomic E-state index is -0.648. The van der Waals surface area contributed by atoms with Gasteiger partial charge in [-0.2, -0.15) is 0 Å². The molecule has 0 spiro atoms. The van der Waals surface area contributed by atoms with Crippen molar-refractivity contribution >= 4 is 46.6 Å². The normalized spacial score (nSPS) is 16.4. The van der Waals surface area contributed by atoms with Gasteiger partial charge in [-0.25, -0.2) is 9.79 Å². The fourth-order valence-electron chi connectivity index (χ4n) is 4.03. The molecule has 2 heterocycles. The Hall–Kier alpha value is -2.87. The molecule has 188 valence electrons. The number of carbonyl (C=O) groups excluding carboxylic acids is 1. The average Bonchev–Trinajstić information content (AvgIpc) is 3.19. The smallest absolute Gasteiger partial charge is 0.338 e. The van der Waals surface area contributed by atoms with Crippen molar-refractivity contribution in [3.8, 4) is 5.75 Å². The molecule has 4 rings (SSSR count). The van der Waals surface area contributed by atoms with Crippen molar-refractivity contribution in [3.05, 3.63) is 94.6 Å². The van der Waals surface area contributed by atoms with Gasteiger partial charge in [-0.1, -0.05) is 78.7 Å². The summed E-state index contributed by atoms with van der Waals surface area (Å²) < 4.78 is 12.9. The van der Waals surface area contributed by atoms with Gasteiger partial charge in [-0.05, 0) is 49.1 Å². The van der Waals surface area contributed by atoms with Crippen LogP contribution in [0.4, 0.5) is 0 Å². The summed E-state index contributed by atoms with van der Waals surface area (Å²) in [6, 6.07) is 12.2. The number of ether oxygens (including phenoxy) is 2. The van der Waals surface area contributed by atoms with Crippen molar-refractivity contribution in [2.24, 2.45) is 4.99 Å². The quantitative estimate of drug-likeness (QED) is 0.379. The van der Waals surface area contributed by atoms with Crippen molar-refractivity contribution in [1.82, 2.24) is 4.57 Å². The summed E-state index contributed by atoms with van der Waals surface area (Å²) in [5, 5.41) is 0.732. The van der Waals surface area contributed by atoms with Gasteiger partial charge in [0.25, 0.3) is 5.56 Å². The van der Waals surface area contributed by atoms with Crippen LogP contribution >= 0.6 is 34.5 Å². The zero-order valence-electron chi connectivity index (χ0n) is 20.4. The van der Waals surface area contributed by atoms with E-state index in [4.69, 9.17) is 32.7 Å². The number of benzene rings is 2.